The fraction of sp³-hybridized carbons (Fsp3) is 0.286. The first-order valence-electron chi connectivity index (χ1n) is 3.32. The van der Waals surface area contributed by atoms with E-state index in [1.165, 1.54) is 0 Å². The number of nitrogens with one attached hydrogen (secondary N) is 1. The second-order valence-corrected chi connectivity index (χ2v) is 2.86. The van der Waals surface area contributed by atoms with Crippen LogP contribution in [0.2, 0.25) is 0 Å². The lowest BCUT2D eigenvalue weighted by Crippen LogP contribution is -2.17. The molecule has 13 heavy (non-hydrogen) atoms. The predicted molar refractivity (Wildman–Crippen MR) is 44.6 cm³/mol. The van der Waals surface area contributed by atoms with E-state index in [-0.39, 0.29) is 10.9 Å². The third kappa shape index (κ3) is 1.93. The van der Waals surface area contributed by atoms with Crippen molar-refractivity contribution in [1.29, 1.82) is 0 Å². The summed E-state index contributed by atoms with van der Waals surface area (Å²) in [6.07, 6.45) is -2.20. The van der Waals surface area contributed by atoms with Crippen LogP contribution in [0.4, 0.5) is 13.2 Å². The number of halogens is 4. The Hall–Kier alpha value is -0.780. The van der Waals surface area contributed by atoms with Crippen molar-refractivity contribution in [3.63, 3.8) is 0 Å². The van der Waals surface area contributed by atoms with Crippen LogP contribution in [0, 0.1) is 5.95 Å². The van der Waals surface area contributed by atoms with Crippen LogP contribution >= 0.6 is 15.9 Å². The largest absolute Gasteiger partial charge is 0.338 e. The van der Waals surface area contributed by atoms with Gasteiger partial charge in [-0.3, -0.25) is 4.79 Å². The third-order valence-electron chi connectivity index (χ3n) is 1.52. The highest BCUT2D eigenvalue weighted by Crippen LogP contribution is 2.15. The molecule has 0 fully saturated rings. The first-order valence-corrected chi connectivity index (χ1v) is 4.44. The molecule has 1 aromatic heterocycles. The maximum absolute atomic E-state index is 12.8. The molecule has 0 aliphatic carbocycles. The summed E-state index contributed by atoms with van der Waals surface area (Å²) in [6.45, 7) is 0. The van der Waals surface area contributed by atoms with Gasteiger partial charge in [-0.25, -0.2) is 8.78 Å². The molecule has 1 aromatic rings. The van der Waals surface area contributed by atoms with Crippen molar-refractivity contribution < 1.29 is 13.2 Å². The van der Waals surface area contributed by atoms with Gasteiger partial charge < -0.3 is 4.98 Å². The van der Waals surface area contributed by atoms with Crippen molar-refractivity contribution in [3.8, 4) is 0 Å². The van der Waals surface area contributed by atoms with Gasteiger partial charge in [-0.15, -0.1) is 0 Å². The van der Waals surface area contributed by atoms with Crippen LogP contribution in [0.1, 0.15) is 17.6 Å². The molecule has 0 amide bonds. The molecule has 0 saturated carbocycles. The van der Waals surface area contributed by atoms with Gasteiger partial charge in [-0.05, 0) is 0 Å². The second kappa shape index (κ2) is 3.95. The number of aromatic nitrogens is 1. The summed E-state index contributed by atoms with van der Waals surface area (Å²) in [6, 6.07) is 0. The number of hydrogen-bond acceptors (Lipinski definition) is 1. The van der Waals surface area contributed by atoms with E-state index in [0.717, 1.165) is 0 Å². The van der Waals surface area contributed by atoms with Gasteiger partial charge in [-0.2, -0.15) is 4.39 Å². The average molecular weight is 256 g/mol. The molecule has 0 saturated heterocycles. The summed E-state index contributed by atoms with van der Waals surface area (Å²) in [5, 5.41) is -0.0886. The number of rotatable bonds is 2. The lowest BCUT2D eigenvalue weighted by molar-refractivity contribution is 0.149. The quantitative estimate of drug-likeness (QED) is 0.639. The zero-order chi connectivity index (χ0) is 10.0. The number of pyridine rings is 1. The second-order valence-electron chi connectivity index (χ2n) is 2.30. The Kier molecular flexibility index (Phi) is 3.13. The molecule has 0 radical (unpaired) electrons. The zero-order valence-corrected chi connectivity index (χ0v) is 7.87. The minimum absolute atomic E-state index is 0.0886. The van der Waals surface area contributed by atoms with Gasteiger partial charge in [0.15, 0.2) is 11.4 Å². The van der Waals surface area contributed by atoms with Crippen LogP contribution in [0.3, 0.4) is 0 Å². The number of alkyl halides is 3. The molecule has 0 spiro atoms. The van der Waals surface area contributed by atoms with E-state index in [9.17, 15) is 18.0 Å². The zero-order valence-electron chi connectivity index (χ0n) is 6.28. The maximum Gasteiger partial charge on any atom is 0.269 e. The Labute approximate surface area is 79.9 Å². The van der Waals surface area contributed by atoms with E-state index in [4.69, 9.17) is 0 Å². The predicted octanol–water partition coefficient (Wildman–Crippen LogP) is 2.35. The molecule has 1 heterocycles. The minimum Gasteiger partial charge on any atom is -0.338 e. The Morgan fingerprint density at radius 1 is 1.54 bits per heavy atom. The highest BCUT2D eigenvalue weighted by Gasteiger charge is 2.16. The summed E-state index contributed by atoms with van der Waals surface area (Å²) in [7, 11) is 0. The molecule has 0 unspecified atom stereocenters. The van der Waals surface area contributed by atoms with Crippen LogP contribution in [0.25, 0.3) is 0 Å². The summed E-state index contributed by atoms with van der Waals surface area (Å²) < 4.78 is 37.0. The van der Waals surface area contributed by atoms with Gasteiger partial charge >= 0.3 is 0 Å². The summed E-state index contributed by atoms with van der Waals surface area (Å²) in [5.41, 5.74) is -1.98. The van der Waals surface area contributed by atoms with Crippen molar-refractivity contribution in [3.05, 3.63) is 33.5 Å². The lowest BCUT2D eigenvalue weighted by atomic mass is 10.2. The molecule has 1 N–H and O–H groups in total. The smallest absolute Gasteiger partial charge is 0.269 e. The molecule has 2 nitrogen and oxygen atoms in total. The molecule has 0 atom stereocenters. The summed E-state index contributed by atoms with van der Waals surface area (Å²) in [4.78, 5) is 13.1. The molecule has 0 aliphatic rings. The van der Waals surface area contributed by atoms with Crippen LogP contribution < -0.4 is 5.43 Å². The summed E-state index contributed by atoms with van der Waals surface area (Å²) in [5.74, 6) is -0.883. The maximum atomic E-state index is 12.8. The van der Waals surface area contributed by atoms with Crippen molar-refractivity contribution in [2.24, 2.45) is 0 Å². The highest BCUT2D eigenvalue weighted by atomic mass is 79.9. The molecular formula is C7H5BrF3NO. The minimum atomic E-state index is -2.89. The first kappa shape index (κ1) is 10.3. The lowest BCUT2D eigenvalue weighted by Gasteiger charge is -2.01. The van der Waals surface area contributed by atoms with Crippen molar-refractivity contribution >= 4 is 15.9 Å². The van der Waals surface area contributed by atoms with Crippen LogP contribution in [-0.4, -0.2) is 4.98 Å². The fourth-order valence-corrected chi connectivity index (χ4v) is 1.35. The van der Waals surface area contributed by atoms with Crippen LogP contribution in [0.5, 0.6) is 0 Å². The molecular weight excluding hydrogens is 251 g/mol. The Morgan fingerprint density at radius 2 is 2.15 bits per heavy atom. The molecule has 1 rings (SSSR count). The van der Waals surface area contributed by atoms with Crippen molar-refractivity contribution in [2.45, 2.75) is 11.8 Å². The van der Waals surface area contributed by atoms with E-state index in [1.807, 2.05) is 4.98 Å². The monoisotopic (exact) mass is 255 g/mol. The molecule has 6 heteroatoms. The third-order valence-corrected chi connectivity index (χ3v) is 2.09. The highest BCUT2D eigenvalue weighted by molar-refractivity contribution is 9.08. The van der Waals surface area contributed by atoms with E-state index < -0.39 is 23.4 Å². The fourth-order valence-electron chi connectivity index (χ4n) is 0.849. The standard InChI is InChI=1S/C7H5BrF3NO/c8-1-3-5(13)4(6(9)10)2-12-7(3)11/h2,6H,1H2,(H,12,13). The number of aromatic amines is 1. The SMILES string of the molecule is O=c1c(C(F)F)c[nH]c(F)c1CBr. The molecule has 0 bridgehead atoms. The Bertz CT molecular complexity index is 363. The van der Waals surface area contributed by atoms with Gasteiger partial charge in [0, 0.05) is 11.5 Å². The first-order chi connectivity index (χ1) is 6.07. The Morgan fingerprint density at radius 3 is 2.62 bits per heavy atom. The van der Waals surface area contributed by atoms with Gasteiger partial charge in [0.05, 0.1) is 11.1 Å². The van der Waals surface area contributed by atoms with Gasteiger partial charge in [0.2, 0.25) is 0 Å². The topological polar surface area (TPSA) is 32.9 Å². The average Bonchev–Trinajstić information content (AvgIpc) is 2.04. The normalized spacial score (nSPS) is 10.8. The molecule has 0 aliphatic heterocycles. The van der Waals surface area contributed by atoms with Crippen molar-refractivity contribution in [1.82, 2.24) is 4.98 Å². The van der Waals surface area contributed by atoms with Crippen molar-refractivity contribution in [2.75, 3.05) is 0 Å². The number of H-pyrrole nitrogens is 1. The molecule has 72 valence electrons. The van der Waals surface area contributed by atoms with Crippen LogP contribution in [0.15, 0.2) is 11.0 Å². The Balaban J connectivity index is 3.37. The van der Waals surface area contributed by atoms with E-state index >= 15 is 0 Å². The van der Waals surface area contributed by atoms with Crippen LogP contribution in [-0.2, 0) is 5.33 Å². The van der Waals surface area contributed by atoms with E-state index in [2.05, 4.69) is 15.9 Å². The molecule has 0 aromatic carbocycles. The number of hydrogen-bond donors (Lipinski definition) is 1. The van der Waals surface area contributed by atoms with Gasteiger partial charge in [0.25, 0.3) is 6.43 Å². The van der Waals surface area contributed by atoms with E-state index in [0.29, 0.717) is 6.20 Å². The summed E-state index contributed by atoms with van der Waals surface area (Å²) >= 11 is 2.84. The van der Waals surface area contributed by atoms with E-state index in [1.54, 1.807) is 0 Å². The van der Waals surface area contributed by atoms with Gasteiger partial charge in [-0.1, -0.05) is 15.9 Å². The van der Waals surface area contributed by atoms with Gasteiger partial charge in [0.1, 0.15) is 0 Å².